The molecular formula is C17H26N2O2. The second-order valence-corrected chi connectivity index (χ2v) is 5.72. The van der Waals surface area contributed by atoms with E-state index in [1.54, 1.807) is 0 Å². The number of benzene rings is 1. The summed E-state index contributed by atoms with van der Waals surface area (Å²) < 4.78 is 5.29. The van der Waals surface area contributed by atoms with E-state index in [-0.39, 0.29) is 6.03 Å². The summed E-state index contributed by atoms with van der Waals surface area (Å²) in [6.07, 6.45) is 5.89. The van der Waals surface area contributed by atoms with Gasteiger partial charge >= 0.3 is 6.03 Å². The molecule has 21 heavy (non-hydrogen) atoms. The van der Waals surface area contributed by atoms with Crippen LogP contribution < -0.4 is 10.6 Å². The van der Waals surface area contributed by atoms with Crippen molar-refractivity contribution in [2.75, 3.05) is 25.1 Å². The highest BCUT2D eigenvalue weighted by Crippen LogP contribution is 2.13. The van der Waals surface area contributed by atoms with Crippen molar-refractivity contribution < 1.29 is 9.53 Å². The molecule has 4 nitrogen and oxygen atoms in total. The van der Waals surface area contributed by atoms with Crippen LogP contribution in [0.2, 0.25) is 0 Å². The zero-order valence-electron chi connectivity index (χ0n) is 12.9. The van der Waals surface area contributed by atoms with Gasteiger partial charge in [0.15, 0.2) is 0 Å². The van der Waals surface area contributed by atoms with E-state index in [4.69, 9.17) is 4.74 Å². The van der Waals surface area contributed by atoms with E-state index < -0.39 is 0 Å². The van der Waals surface area contributed by atoms with Gasteiger partial charge in [-0.25, -0.2) is 4.79 Å². The molecule has 1 aromatic rings. The summed E-state index contributed by atoms with van der Waals surface area (Å²) in [6.45, 7) is 4.46. The smallest absolute Gasteiger partial charge is 0.319 e. The summed E-state index contributed by atoms with van der Waals surface area (Å²) in [7, 11) is 0. The quantitative estimate of drug-likeness (QED) is 0.754. The first-order valence-corrected chi connectivity index (χ1v) is 7.99. The van der Waals surface area contributed by atoms with Crippen molar-refractivity contribution in [1.29, 1.82) is 0 Å². The second kappa shape index (κ2) is 8.67. The zero-order valence-corrected chi connectivity index (χ0v) is 12.9. The highest BCUT2D eigenvalue weighted by atomic mass is 16.5. The molecule has 1 fully saturated rings. The number of nitrogens with one attached hydrogen (secondary N) is 2. The maximum atomic E-state index is 11.8. The van der Waals surface area contributed by atoms with E-state index in [9.17, 15) is 4.79 Å². The Morgan fingerprint density at radius 3 is 2.76 bits per heavy atom. The molecule has 0 unspecified atom stereocenters. The van der Waals surface area contributed by atoms with Crippen LogP contribution in [0.5, 0.6) is 0 Å². The molecule has 2 rings (SSSR count). The fourth-order valence-corrected chi connectivity index (χ4v) is 2.49. The Bertz CT molecular complexity index is 425. The third kappa shape index (κ3) is 5.76. The molecule has 0 bridgehead atoms. The van der Waals surface area contributed by atoms with E-state index in [2.05, 4.69) is 29.7 Å². The standard InChI is InChI=1S/C17H26N2O2/c1-2-3-4-5-14-6-8-16(9-7-14)19-17(20)18-12-15-10-11-21-13-15/h6-9,15H,2-5,10-13H2,1H3,(H2,18,19,20)/t15-/m0/s1. The molecule has 1 heterocycles. The number of aryl methyl sites for hydroxylation is 1. The van der Waals surface area contributed by atoms with E-state index in [1.807, 2.05) is 12.1 Å². The Kier molecular flexibility index (Phi) is 6.54. The third-order valence-corrected chi connectivity index (χ3v) is 3.86. The number of unbranched alkanes of at least 4 members (excludes halogenated alkanes) is 2. The van der Waals surface area contributed by atoms with Gasteiger partial charge in [-0.2, -0.15) is 0 Å². The number of hydrogen-bond acceptors (Lipinski definition) is 2. The molecule has 0 aromatic heterocycles. The van der Waals surface area contributed by atoms with Crippen LogP contribution in [0.3, 0.4) is 0 Å². The predicted molar refractivity (Wildman–Crippen MR) is 85.6 cm³/mol. The molecule has 1 aromatic carbocycles. The van der Waals surface area contributed by atoms with E-state index >= 15 is 0 Å². The van der Waals surface area contributed by atoms with Crippen LogP contribution in [0.4, 0.5) is 10.5 Å². The average Bonchev–Trinajstić information content (AvgIpc) is 3.01. The first kappa shape index (κ1) is 15.8. The molecular weight excluding hydrogens is 264 g/mol. The van der Waals surface area contributed by atoms with Crippen LogP contribution in [-0.2, 0) is 11.2 Å². The highest BCUT2D eigenvalue weighted by molar-refractivity contribution is 5.89. The molecule has 1 aliphatic heterocycles. The maximum absolute atomic E-state index is 11.8. The van der Waals surface area contributed by atoms with Crippen molar-refractivity contribution in [3.63, 3.8) is 0 Å². The Morgan fingerprint density at radius 1 is 1.29 bits per heavy atom. The predicted octanol–water partition coefficient (Wildman–Crippen LogP) is 3.58. The summed E-state index contributed by atoms with van der Waals surface area (Å²) in [5, 5.41) is 5.77. The number of carbonyl (C=O) groups excluding carboxylic acids is 1. The molecule has 0 aliphatic carbocycles. The Labute approximate surface area is 127 Å². The minimum Gasteiger partial charge on any atom is -0.381 e. The number of rotatable bonds is 7. The lowest BCUT2D eigenvalue weighted by Crippen LogP contribution is -2.33. The molecule has 4 heteroatoms. The van der Waals surface area contributed by atoms with Gasteiger partial charge in [-0.3, -0.25) is 0 Å². The van der Waals surface area contributed by atoms with Crippen LogP contribution in [0, 0.1) is 5.92 Å². The third-order valence-electron chi connectivity index (χ3n) is 3.86. The Hall–Kier alpha value is -1.55. The van der Waals surface area contributed by atoms with Crippen LogP contribution in [0.1, 0.15) is 38.2 Å². The van der Waals surface area contributed by atoms with E-state index in [0.29, 0.717) is 12.5 Å². The minimum absolute atomic E-state index is 0.138. The fourth-order valence-electron chi connectivity index (χ4n) is 2.49. The summed E-state index contributed by atoms with van der Waals surface area (Å²) in [5.74, 6) is 0.455. The largest absolute Gasteiger partial charge is 0.381 e. The SMILES string of the molecule is CCCCCc1ccc(NC(=O)NC[C@@H]2CCOC2)cc1. The van der Waals surface area contributed by atoms with Gasteiger partial charge in [0.1, 0.15) is 0 Å². The first-order chi connectivity index (χ1) is 10.3. The summed E-state index contributed by atoms with van der Waals surface area (Å²) in [6, 6.07) is 7.99. The average molecular weight is 290 g/mol. The molecule has 2 amide bonds. The van der Waals surface area contributed by atoms with Gasteiger partial charge < -0.3 is 15.4 Å². The number of carbonyl (C=O) groups is 1. The van der Waals surface area contributed by atoms with Crippen molar-refractivity contribution in [1.82, 2.24) is 5.32 Å². The van der Waals surface area contributed by atoms with Crippen LogP contribution in [0.15, 0.2) is 24.3 Å². The van der Waals surface area contributed by atoms with Crippen LogP contribution in [-0.4, -0.2) is 25.8 Å². The number of hydrogen-bond donors (Lipinski definition) is 2. The van der Waals surface area contributed by atoms with Gasteiger partial charge in [0.2, 0.25) is 0 Å². The molecule has 0 saturated carbocycles. The molecule has 0 spiro atoms. The molecule has 1 atom stereocenters. The monoisotopic (exact) mass is 290 g/mol. The zero-order chi connectivity index (χ0) is 14.9. The topological polar surface area (TPSA) is 50.4 Å². The Balaban J connectivity index is 1.70. The normalized spacial score (nSPS) is 17.7. The molecule has 116 valence electrons. The van der Waals surface area contributed by atoms with Crippen LogP contribution >= 0.6 is 0 Å². The summed E-state index contributed by atoms with van der Waals surface area (Å²) in [4.78, 5) is 11.8. The minimum atomic E-state index is -0.138. The lowest BCUT2D eigenvalue weighted by Gasteiger charge is -2.11. The van der Waals surface area contributed by atoms with E-state index in [0.717, 1.165) is 31.7 Å². The van der Waals surface area contributed by atoms with Crippen molar-refractivity contribution >= 4 is 11.7 Å². The Morgan fingerprint density at radius 2 is 2.10 bits per heavy atom. The fraction of sp³-hybridized carbons (Fsp3) is 0.588. The van der Waals surface area contributed by atoms with Gasteiger partial charge in [0, 0.05) is 24.8 Å². The van der Waals surface area contributed by atoms with Gasteiger partial charge in [-0.05, 0) is 37.0 Å². The number of urea groups is 1. The van der Waals surface area contributed by atoms with E-state index in [1.165, 1.54) is 24.8 Å². The van der Waals surface area contributed by atoms with Crippen molar-refractivity contribution in [2.24, 2.45) is 5.92 Å². The summed E-state index contributed by atoms with van der Waals surface area (Å²) >= 11 is 0. The van der Waals surface area contributed by atoms with Crippen molar-refractivity contribution in [2.45, 2.75) is 39.0 Å². The molecule has 0 radical (unpaired) electrons. The van der Waals surface area contributed by atoms with Gasteiger partial charge in [0.25, 0.3) is 0 Å². The molecule has 2 N–H and O–H groups in total. The van der Waals surface area contributed by atoms with Gasteiger partial charge in [-0.1, -0.05) is 31.9 Å². The summed E-state index contributed by atoms with van der Waals surface area (Å²) in [5.41, 5.74) is 2.17. The lowest BCUT2D eigenvalue weighted by molar-refractivity contribution is 0.185. The first-order valence-electron chi connectivity index (χ1n) is 7.99. The number of ether oxygens (including phenoxy) is 1. The van der Waals surface area contributed by atoms with Crippen molar-refractivity contribution in [3.8, 4) is 0 Å². The molecule has 1 aliphatic rings. The van der Waals surface area contributed by atoms with Crippen molar-refractivity contribution in [3.05, 3.63) is 29.8 Å². The lowest BCUT2D eigenvalue weighted by atomic mass is 10.1. The van der Waals surface area contributed by atoms with Gasteiger partial charge in [-0.15, -0.1) is 0 Å². The highest BCUT2D eigenvalue weighted by Gasteiger charge is 2.16. The number of amides is 2. The second-order valence-electron chi connectivity index (χ2n) is 5.72. The van der Waals surface area contributed by atoms with Gasteiger partial charge in [0.05, 0.1) is 6.61 Å². The number of anilines is 1. The maximum Gasteiger partial charge on any atom is 0.319 e. The molecule has 1 saturated heterocycles. The van der Waals surface area contributed by atoms with Crippen LogP contribution in [0.25, 0.3) is 0 Å².